The summed E-state index contributed by atoms with van der Waals surface area (Å²) in [6, 6.07) is 18.2. The third kappa shape index (κ3) is 3.91. The summed E-state index contributed by atoms with van der Waals surface area (Å²) in [5.41, 5.74) is 2.48. The highest BCUT2D eigenvalue weighted by Gasteiger charge is 2.14. The van der Waals surface area contributed by atoms with Crippen molar-refractivity contribution in [2.75, 3.05) is 5.32 Å². The van der Waals surface area contributed by atoms with Crippen LogP contribution in [-0.4, -0.2) is 20.7 Å². The number of carbonyl (C=O) groups is 1. The first-order valence-electron chi connectivity index (χ1n) is 8.26. The number of aromatic nitrogens is 3. The van der Waals surface area contributed by atoms with Crippen molar-refractivity contribution < 1.29 is 9.21 Å². The second kappa shape index (κ2) is 7.47. The summed E-state index contributed by atoms with van der Waals surface area (Å²) >= 11 is 6.17. The molecule has 0 saturated carbocycles. The lowest BCUT2D eigenvalue weighted by Gasteiger charge is -2.06. The van der Waals surface area contributed by atoms with Crippen molar-refractivity contribution in [1.82, 2.24) is 14.8 Å². The molecule has 0 radical (unpaired) electrons. The van der Waals surface area contributed by atoms with E-state index in [0.29, 0.717) is 23.0 Å². The maximum Gasteiger partial charge on any atom is 0.291 e. The SMILES string of the molecule is O=C(Nc1ccc(Cn2cncn2)cc1)c1ccc(-c2ccccc2Cl)o1. The summed E-state index contributed by atoms with van der Waals surface area (Å²) in [5, 5.41) is 7.46. The van der Waals surface area contributed by atoms with Crippen LogP contribution in [0.2, 0.25) is 5.02 Å². The van der Waals surface area contributed by atoms with Crippen molar-refractivity contribution in [1.29, 1.82) is 0 Å². The lowest BCUT2D eigenvalue weighted by Crippen LogP contribution is -2.10. The number of carbonyl (C=O) groups excluding carboxylic acids is 1. The Morgan fingerprint density at radius 3 is 2.63 bits per heavy atom. The fourth-order valence-electron chi connectivity index (χ4n) is 2.65. The van der Waals surface area contributed by atoms with Crippen molar-refractivity contribution in [3.8, 4) is 11.3 Å². The van der Waals surface area contributed by atoms with Crippen LogP contribution in [0.25, 0.3) is 11.3 Å². The molecule has 4 aromatic rings. The molecular formula is C20H15ClN4O2. The predicted octanol–water partition coefficient (Wildman–Crippen LogP) is 4.49. The molecular weight excluding hydrogens is 364 g/mol. The van der Waals surface area contributed by atoms with E-state index in [2.05, 4.69) is 15.4 Å². The number of amides is 1. The van der Waals surface area contributed by atoms with Gasteiger partial charge in [0, 0.05) is 11.3 Å². The Balaban J connectivity index is 1.44. The smallest absolute Gasteiger partial charge is 0.291 e. The molecule has 0 unspecified atom stereocenters. The highest BCUT2D eigenvalue weighted by atomic mass is 35.5. The number of anilines is 1. The van der Waals surface area contributed by atoms with E-state index < -0.39 is 0 Å². The van der Waals surface area contributed by atoms with Crippen molar-refractivity contribution in [2.24, 2.45) is 0 Å². The first-order valence-corrected chi connectivity index (χ1v) is 8.64. The van der Waals surface area contributed by atoms with Crippen LogP contribution in [0.3, 0.4) is 0 Å². The zero-order valence-corrected chi connectivity index (χ0v) is 14.9. The Kier molecular flexibility index (Phi) is 4.72. The topological polar surface area (TPSA) is 73.0 Å². The fraction of sp³-hybridized carbons (Fsp3) is 0.0500. The molecule has 0 aliphatic rings. The molecule has 1 amide bonds. The van der Waals surface area contributed by atoms with Gasteiger partial charge in [-0.25, -0.2) is 9.67 Å². The van der Waals surface area contributed by atoms with E-state index in [0.717, 1.165) is 11.1 Å². The van der Waals surface area contributed by atoms with Gasteiger partial charge in [0.15, 0.2) is 5.76 Å². The number of hydrogen-bond acceptors (Lipinski definition) is 4. The second-order valence-corrected chi connectivity index (χ2v) is 6.30. The molecule has 27 heavy (non-hydrogen) atoms. The molecule has 0 fully saturated rings. The normalized spacial score (nSPS) is 10.7. The Labute approximate surface area is 160 Å². The first-order chi connectivity index (χ1) is 13.2. The van der Waals surface area contributed by atoms with Gasteiger partial charge in [-0.2, -0.15) is 5.10 Å². The van der Waals surface area contributed by atoms with Gasteiger partial charge in [0.1, 0.15) is 18.4 Å². The van der Waals surface area contributed by atoms with Crippen LogP contribution in [0.4, 0.5) is 5.69 Å². The predicted molar refractivity (Wildman–Crippen MR) is 103 cm³/mol. The van der Waals surface area contributed by atoms with Crippen LogP contribution in [0.15, 0.2) is 77.7 Å². The van der Waals surface area contributed by atoms with Crippen molar-refractivity contribution in [3.63, 3.8) is 0 Å². The number of benzene rings is 2. The number of hydrogen-bond donors (Lipinski definition) is 1. The van der Waals surface area contributed by atoms with Gasteiger partial charge in [0.05, 0.1) is 11.6 Å². The zero-order chi connectivity index (χ0) is 18.6. The summed E-state index contributed by atoms with van der Waals surface area (Å²) in [6.07, 6.45) is 3.15. The van der Waals surface area contributed by atoms with Gasteiger partial charge in [-0.3, -0.25) is 4.79 Å². The minimum absolute atomic E-state index is 0.219. The van der Waals surface area contributed by atoms with E-state index >= 15 is 0 Å². The number of furan rings is 1. The van der Waals surface area contributed by atoms with Gasteiger partial charge in [-0.05, 0) is 42.0 Å². The third-order valence-electron chi connectivity index (χ3n) is 3.99. The van der Waals surface area contributed by atoms with Gasteiger partial charge in [0.2, 0.25) is 0 Å². The van der Waals surface area contributed by atoms with E-state index in [1.807, 2.05) is 42.5 Å². The molecule has 0 atom stereocenters. The molecule has 0 spiro atoms. The van der Waals surface area contributed by atoms with Crippen LogP contribution < -0.4 is 5.32 Å². The Morgan fingerprint density at radius 2 is 1.89 bits per heavy atom. The average molecular weight is 379 g/mol. The summed E-state index contributed by atoms with van der Waals surface area (Å²) in [4.78, 5) is 16.3. The minimum Gasteiger partial charge on any atom is -0.451 e. The maximum atomic E-state index is 12.4. The van der Waals surface area contributed by atoms with E-state index in [1.165, 1.54) is 6.33 Å². The molecule has 7 heteroatoms. The molecule has 2 aromatic heterocycles. The van der Waals surface area contributed by atoms with E-state index in [1.54, 1.807) is 29.2 Å². The number of rotatable bonds is 5. The van der Waals surface area contributed by atoms with Gasteiger partial charge in [-0.15, -0.1) is 0 Å². The van der Waals surface area contributed by atoms with Crippen LogP contribution in [-0.2, 0) is 6.54 Å². The number of nitrogens with one attached hydrogen (secondary N) is 1. The summed E-state index contributed by atoms with van der Waals surface area (Å²) in [5.74, 6) is 0.447. The molecule has 2 heterocycles. The summed E-state index contributed by atoms with van der Waals surface area (Å²) < 4.78 is 7.39. The molecule has 0 bridgehead atoms. The quantitative estimate of drug-likeness (QED) is 0.555. The van der Waals surface area contributed by atoms with Crippen LogP contribution in [0, 0.1) is 0 Å². The molecule has 1 N–H and O–H groups in total. The molecule has 4 rings (SSSR count). The maximum absolute atomic E-state index is 12.4. The van der Waals surface area contributed by atoms with Crippen molar-refractivity contribution >= 4 is 23.2 Å². The molecule has 0 aliphatic heterocycles. The van der Waals surface area contributed by atoms with Crippen molar-refractivity contribution in [2.45, 2.75) is 6.54 Å². The van der Waals surface area contributed by atoms with Crippen LogP contribution in [0.5, 0.6) is 0 Å². The third-order valence-corrected chi connectivity index (χ3v) is 4.32. The number of nitrogens with zero attached hydrogens (tertiary/aromatic N) is 3. The van der Waals surface area contributed by atoms with Gasteiger partial charge in [-0.1, -0.05) is 35.9 Å². The van der Waals surface area contributed by atoms with Crippen LogP contribution in [0.1, 0.15) is 16.1 Å². The summed E-state index contributed by atoms with van der Waals surface area (Å²) in [6.45, 7) is 0.619. The Bertz CT molecular complexity index is 1060. The van der Waals surface area contributed by atoms with Crippen LogP contribution >= 0.6 is 11.6 Å². The highest BCUT2D eigenvalue weighted by molar-refractivity contribution is 6.33. The van der Waals surface area contributed by atoms with E-state index in [4.69, 9.17) is 16.0 Å². The summed E-state index contributed by atoms with van der Waals surface area (Å²) in [7, 11) is 0. The molecule has 6 nitrogen and oxygen atoms in total. The largest absolute Gasteiger partial charge is 0.451 e. The molecule has 0 aliphatic carbocycles. The van der Waals surface area contributed by atoms with Gasteiger partial charge in [0.25, 0.3) is 5.91 Å². The lowest BCUT2D eigenvalue weighted by molar-refractivity contribution is 0.0997. The Hall–Kier alpha value is -3.38. The van der Waals surface area contributed by atoms with E-state index in [9.17, 15) is 4.79 Å². The number of halogens is 1. The average Bonchev–Trinajstić information content (AvgIpc) is 3.36. The molecule has 2 aromatic carbocycles. The molecule has 134 valence electrons. The second-order valence-electron chi connectivity index (χ2n) is 5.89. The van der Waals surface area contributed by atoms with E-state index in [-0.39, 0.29) is 11.7 Å². The first kappa shape index (κ1) is 17.1. The van der Waals surface area contributed by atoms with Gasteiger partial charge >= 0.3 is 0 Å². The molecule has 0 saturated heterocycles. The van der Waals surface area contributed by atoms with Crippen molar-refractivity contribution in [3.05, 3.63) is 89.7 Å². The standard InChI is InChI=1S/C20H15ClN4O2/c21-17-4-2-1-3-16(17)18-9-10-19(27-18)20(26)24-15-7-5-14(6-8-15)11-25-13-22-12-23-25/h1-10,12-13H,11H2,(H,24,26). The van der Waals surface area contributed by atoms with Gasteiger partial charge < -0.3 is 9.73 Å². The highest BCUT2D eigenvalue weighted by Crippen LogP contribution is 2.29. The monoisotopic (exact) mass is 378 g/mol. The fourth-order valence-corrected chi connectivity index (χ4v) is 2.88. The minimum atomic E-state index is -0.322. The Morgan fingerprint density at radius 1 is 1.07 bits per heavy atom. The lowest BCUT2D eigenvalue weighted by atomic mass is 10.2. The zero-order valence-electron chi connectivity index (χ0n) is 14.2.